The summed E-state index contributed by atoms with van der Waals surface area (Å²) in [5.74, 6) is -0.0978. The molecule has 3 aromatic carbocycles. The maximum atomic E-state index is 13.0. The van der Waals surface area contributed by atoms with E-state index < -0.39 is 0 Å². The Morgan fingerprint density at radius 1 is 0.897 bits per heavy atom. The molecule has 0 aliphatic heterocycles. The standard InChI is InChI=1S/C24H18N2OS2/c1-14-15(2)28-24(21(14)23-25-19-9-5-6-10-20(19)29-23)26-22(27)18-12-11-16-7-3-4-8-17(16)13-18/h3-13H,1-2H3,(H,26,27). The summed E-state index contributed by atoms with van der Waals surface area (Å²) in [6.07, 6.45) is 0. The van der Waals surface area contributed by atoms with Gasteiger partial charge >= 0.3 is 0 Å². The third-order valence-electron chi connectivity index (χ3n) is 5.13. The van der Waals surface area contributed by atoms with Crippen LogP contribution in [0, 0.1) is 13.8 Å². The van der Waals surface area contributed by atoms with Crippen molar-refractivity contribution in [2.75, 3.05) is 5.32 Å². The molecule has 0 saturated heterocycles. The zero-order chi connectivity index (χ0) is 20.0. The van der Waals surface area contributed by atoms with E-state index in [4.69, 9.17) is 4.98 Å². The van der Waals surface area contributed by atoms with Gasteiger partial charge in [0, 0.05) is 16.0 Å². The number of para-hydroxylation sites is 1. The number of carbonyl (C=O) groups is 1. The van der Waals surface area contributed by atoms with Gasteiger partial charge < -0.3 is 5.32 Å². The fourth-order valence-corrected chi connectivity index (χ4v) is 5.65. The Morgan fingerprint density at radius 2 is 1.66 bits per heavy atom. The van der Waals surface area contributed by atoms with E-state index in [1.165, 1.54) is 10.4 Å². The van der Waals surface area contributed by atoms with Crippen molar-refractivity contribution in [1.82, 2.24) is 4.98 Å². The minimum absolute atomic E-state index is 0.0978. The number of hydrogen-bond acceptors (Lipinski definition) is 4. The second-order valence-electron chi connectivity index (χ2n) is 6.99. The number of thiazole rings is 1. The summed E-state index contributed by atoms with van der Waals surface area (Å²) in [4.78, 5) is 19.0. The van der Waals surface area contributed by atoms with E-state index in [2.05, 4.69) is 25.2 Å². The van der Waals surface area contributed by atoms with Gasteiger partial charge in [-0.05, 0) is 54.4 Å². The first-order chi connectivity index (χ1) is 14.1. The molecule has 5 heteroatoms. The van der Waals surface area contributed by atoms with Gasteiger partial charge in [0.15, 0.2) is 0 Å². The molecule has 0 bridgehead atoms. The van der Waals surface area contributed by atoms with Gasteiger partial charge in [0.1, 0.15) is 10.0 Å². The molecule has 0 spiro atoms. The van der Waals surface area contributed by atoms with Crippen molar-refractivity contribution < 1.29 is 4.79 Å². The van der Waals surface area contributed by atoms with Gasteiger partial charge in [-0.15, -0.1) is 22.7 Å². The zero-order valence-corrected chi connectivity index (χ0v) is 17.7. The van der Waals surface area contributed by atoms with E-state index in [0.29, 0.717) is 5.56 Å². The van der Waals surface area contributed by atoms with Crippen molar-refractivity contribution >= 4 is 54.6 Å². The molecular formula is C24H18N2OS2. The van der Waals surface area contributed by atoms with E-state index in [1.54, 1.807) is 22.7 Å². The number of hydrogen-bond donors (Lipinski definition) is 1. The fraction of sp³-hybridized carbons (Fsp3) is 0.0833. The highest BCUT2D eigenvalue weighted by Gasteiger charge is 2.20. The van der Waals surface area contributed by atoms with E-state index >= 15 is 0 Å². The van der Waals surface area contributed by atoms with Crippen LogP contribution in [0.2, 0.25) is 0 Å². The van der Waals surface area contributed by atoms with Crippen LogP contribution in [0.25, 0.3) is 31.6 Å². The van der Waals surface area contributed by atoms with Crippen LogP contribution >= 0.6 is 22.7 Å². The average Bonchev–Trinajstić information content (AvgIpc) is 3.28. The molecule has 0 aliphatic rings. The summed E-state index contributed by atoms with van der Waals surface area (Å²) in [5, 5.41) is 7.13. The summed E-state index contributed by atoms with van der Waals surface area (Å²) < 4.78 is 1.15. The predicted octanol–water partition coefficient (Wildman–Crippen LogP) is 7.05. The Bertz CT molecular complexity index is 1350. The van der Waals surface area contributed by atoms with Crippen molar-refractivity contribution in [3.63, 3.8) is 0 Å². The molecule has 5 aromatic rings. The summed E-state index contributed by atoms with van der Waals surface area (Å²) in [5.41, 5.74) is 3.84. The van der Waals surface area contributed by atoms with Gasteiger partial charge in [-0.25, -0.2) is 4.98 Å². The molecule has 0 radical (unpaired) electrons. The molecule has 142 valence electrons. The van der Waals surface area contributed by atoms with Gasteiger partial charge in [0.2, 0.25) is 0 Å². The first-order valence-corrected chi connectivity index (χ1v) is 11.0. The normalized spacial score (nSPS) is 11.2. The van der Waals surface area contributed by atoms with E-state index in [0.717, 1.165) is 36.6 Å². The molecule has 2 aromatic heterocycles. The molecule has 0 fully saturated rings. The van der Waals surface area contributed by atoms with E-state index in [9.17, 15) is 4.79 Å². The zero-order valence-electron chi connectivity index (χ0n) is 16.0. The molecule has 1 N–H and O–H groups in total. The number of benzene rings is 3. The van der Waals surface area contributed by atoms with E-state index in [-0.39, 0.29) is 5.91 Å². The summed E-state index contributed by atoms with van der Waals surface area (Å²) in [6.45, 7) is 4.18. The number of nitrogens with one attached hydrogen (secondary N) is 1. The number of amides is 1. The monoisotopic (exact) mass is 414 g/mol. The topological polar surface area (TPSA) is 42.0 Å². The lowest BCUT2D eigenvalue weighted by molar-refractivity contribution is 0.102. The Labute approximate surface area is 176 Å². The molecule has 29 heavy (non-hydrogen) atoms. The molecule has 0 aliphatic carbocycles. The maximum Gasteiger partial charge on any atom is 0.256 e. The predicted molar refractivity (Wildman–Crippen MR) is 124 cm³/mol. The van der Waals surface area contributed by atoms with Gasteiger partial charge in [-0.2, -0.15) is 0 Å². The molecular weight excluding hydrogens is 396 g/mol. The highest BCUT2D eigenvalue weighted by Crippen LogP contribution is 2.43. The third-order valence-corrected chi connectivity index (χ3v) is 7.31. The first kappa shape index (κ1) is 18.0. The van der Waals surface area contributed by atoms with Crippen LogP contribution in [-0.2, 0) is 0 Å². The Morgan fingerprint density at radius 3 is 2.48 bits per heavy atom. The number of anilines is 1. The van der Waals surface area contributed by atoms with Gasteiger partial charge in [-0.3, -0.25) is 4.79 Å². The lowest BCUT2D eigenvalue weighted by atomic mass is 10.1. The van der Waals surface area contributed by atoms with Gasteiger partial charge in [0.05, 0.1) is 10.2 Å². The number of rotatable bonds is 3. The lowest BCUT2D eigenvalue weighted by Crippen LogP contribution is -2.11. The maximum absolute atomic E-state index is 13.0. The first-order valence-electron chi connectivity index (χ1n) is 9.36. The molecule has 0 atom stereocenters. The molecule has 0 unspecified atom stereocenters. The van der Waals surface area contributed by atoms with Crippen molar-refractivity contribution in [1.29, 1.82) is 0 Å². The smallest absolute Gasteiger partial charge is 0.256 e. The van der Waals surface area contributed by atoms with Crippen LogP contribution < -0.4 is 5.32 Å². The van der Waals surface area contributed by atoms with Crippen molar-refractivity contribution in [3.8, 4) is 10.6 Å². The molecule has 5 rings (SSSR count). The summed E-state index contributed by atoms with van der Waals surface area (Å²) in [6, 6.07) is 22.0. The van der Waals surface area contributed by atoms with Crippen molar-refractivity contribution in [3.05, 3.63) is 82.7 Å². The number of nitrogens with zero attached hydrogens (tertiary/aromatic N) is 1. The van der Waals surface area contributed by atoms with Crippen LogP contribution in [0.1, 0.15) is 20.8 Å². The minimum Gasteiger partial charge on any atom is -0.313 e. The quantitative estimate of drug-likeness (QED) is 0.344. The second kappa shape index (κ2) is 7.10. The highest BCUT2D eigenvalue weighted by molar-refractivity contribution is 7.22. The summed E-state index contributed by atoms with van der Waals surface area (Å²) in [7, 11) is 0. The Balaban J connectivity index is 1.54. The minimum atomic E-state index is -0.0978. The Hall–Kier alpha value is -3.02. The summed E-state index contributed by atoms with van der Waals surface area (Å²) >= 11 is 3.27. The molecule has 3 nitrogen and oxygen atoms in total. The number of aryl methyl sites for hydroxylation is 1. The Kier molecular flexibility index (Phi) is 4.42. The fourth-order valence-electron chi connectivity index (χ4n) is 3.46. The van der Waals surface area contributed by atoms with Crippen LogP contribution in [0.4, 0.5) is 5.00 Å². The van der Waals surface area contributed by atoms with Crippen LogP contribution in [0.3, 0.4) is 0 Å². The largest absolute Gasteiger partial charge is 0.313 e. The molecule has 0 saturated carbocycles. The van der Waals surface area contributed by atoms with Gasteiger partial charge in [-0.1, -0.05) is 42.5 Å². The van der Waals surface area contributed by atoms with Gasteiger partial charge in [0.25, 0.3) is 5.91 Å². The number of carbonyl (C=O) groups excluding carboxylic acids is 1. The number of fused-ring (bicyclic) bond motifs is 2. The third kappa shape index (κ3) is 3.22. The van der Waals surface area contributed by atoms with E-state index in [1.807, 2.05) is 60.7 Å². The highest BCUT2D eigenvalue weighted by atomic mass is 32.1. The van der Waals surface area contributed by atoms with Crippen LogP contribution in [-0.4, -0.2) is 10.9 Å². The lowest BCUT2D eigenvalue weighted by Gasteiger charge is -2.07. The molecule has 2 heterocycles. The van der Waals surface area contributed by atoms with Crippen LogP contribution in [0.15, 0.2) is 66.7 Å². The SMILES string of the molecule is Cc1sc(NC(=O)c2ccc3ccccc3c2)c(-c2nc3ccccc3s2)c1C. The van der Waals surface area contributed by atoms with Crippen LogP contribution in [0.5, 0.6) is 0 Å². The number of thiophene rings is 1. The molecule has 1 amide bonds. The number of aromatic nitrogens is 1. The van der Waals surface area contributed by atoms with Crippen molar-refractivity contribution in [2.45, 2.75) is 13.8 Å². The second-order valence-corrected chi connectivity index (χ2v) is 9.25. The van der Waals surface area contributed by atoms with Crippen molar-refractivity contribution in [2.24, 2.45) is 0 Å². The average molecular weight is 415 g/mol.